The second-order valence-electron chi connectivity index (χ2n) is 3.76. The Morgan fingerprint density at radius 2 is 1.94 bits per heavy atom. The molecule has 1 aromatic carbocycles. The maximum Gasteiger partial charge on any atom is 0.0914 e. The van der Waals surface area contributed by atoms with Crippen LogP contribution in [0.4, 0.5) is 0 Å². The number of aliphatic hydroxyl groups excluding tert-OH is 1. The van der Waals surface area contributed by atoms with Gasteiger partial charge in [0.2, 0.25) is 0 Å². The van der Waals surface area contributed by atoms with Crippen molar-refractivity contribution in [1.82, 2.24) is 5.32 Å². The zero-order valence-corrected chi connectivity index (χ0v) is 11.7. The van der Waals surface area contributed by atoms with Crippen molar-refractivity contribution in [3.63, 3.8) is 0 Å². The fourth-order valence-corrected chi connectivity index (χ4v) is 3.02. The van der Waals surface area contributed by atoms with Gasteiger partial charge in [-0.2, -0.15) is 0 Å². The number of hydrogen-bond acceptors (Lipinski definition) is 3. The second kappa shape index (κ2) is 6.31. The van der Waals surface area contributed by atoms with Crippen molar-refractivity contribution >= 4 is 27.3 Å². The number of rotatable bonds is 5. The minimum Gasteiger partial charge on any atom is -0.387 e. The zero-order valence-electron chi connectivity index (χ0n) is 9.27. The molecule has 0 unspecified atom stereocenters. The van der Waals surface area contributed by atoms with E-state index in [4.69, 9.17) is 0 Å². The molecule has 2 aromatic rings. The third kappa shape index (κ3) is 3.92. The van der Waals surface area contributed by atoms with E-state index in [0.29, 0.717) is 6.54 Å². The lowest BCUT2D eigenvalue weighted by molar-refractivity contribution is 0.174. The molecule has 0 fully saturated rings. The summed E-state index contributed by atoms with van der Waals surface area (Å²) in [6.45, 7) is 1.36. The molecular weight excluding hydrogens is 298 g/mol. The Morgan fingerprint density at radius 1 is 1.18 bits per heavy atom. The number of aliphatic hydroxyl groups is 1. The average molecular weight is 312 g/mol. The predicted molar refractivity (Wildman–Crippen MR) is 75.1 cm³/mol. The molecule has 0 radical (unpaired) electrons. The summed E-state index contributed by atoms with van der Waals surface area (Å²) < 4.78 is 1.14. The van der Waals surface area contributed by atoms with E-state index in [2.05, 4.69) is 27.3 Å². The van der Waals surface area contributed by atoms with E-state index in [0.717, 1.165) is 15.9 Å². The minimum atomic E-state index is -0.445. The van der Waals surface area contributed by atoms with Gasteiger partial charge in [-0.15, -0.1) is 11.3 Å². The Hall–Kier alpha value is -0.680. The van der Waals surface area contributed by atoms with E-state index >= 15 is 0 Å². The highest BCUT2D eigenvalue weighted by molar-refractivity contribution is 9.11. The van der Waals surface area contributed by atoms with Crippen LogP contribution in [0, 0.1) is 0 Å². The maximum atomic E-state index is 9.94. The first kappa shape index (κ1) is 12.8. The Balaban J connectivity index is 1.79. The summed E-state index contributed by atoms with van der Waals surface area (Å²) >= 11 is 5.14. The smallest absolute Gasteiger partial charge is 0.0914 e. The third-order valence-electron chi connectivity index (χ3n) is 2.45. The van der Waals surface area contributed by atoms with Crippen molar-refractivity contribution in [1.29, 1.82) is 0 Å². The minimum absolute atomic E-state index is 0.445. The predicted octanol–water partition coefficient (Wildman–Crippen LogP) is 3.33. The molecule has 0 aliphatic rings. The van der Waals surface area contributed by atoms with Gasteiger partial charge in [0.25, 0.3) is 0 Å². The van der Waals surface area contributed by atoms with Crippen molar-refractivity contribution in [3.8, 4) is 0 Å². The highest BCUT2D eigenvalue weighted by Gasteiger charge is 2.06. The Morgan fingerprint density at radius 3 is 2.59 bits per heavy atom. The fraction of sp³-hybridized carbons (Fsp3) is 0.231. The lowest BCUT2D eigenvalue weighted by Gasteiger charge is -2.11. The van der Waals surface area contributed by atoms with Crippen LogP contribution in [-0.2, 0) is 6.54 Å². The number of benzene rings is 1. The van der Waals surface area contributed by atoms with Crippen LogP contribution in [0.1, 0.15) is 16.5 Å². The molecule has 0 bridgehead atoms. The zero-order chi connectivity index (χ0) is 12.1. The first-order valence-corrected chi connectivity index (χ1v) is 7.04. The molecule has 2 N–H and O–H groups in total. The van der Waals surface area contributed by atoms with Crippen LogP contribution in [0.25, 0.3) is 0 Å². The van der Waals surface area contributed by atoms with Gasteiger partial charge in [-0.05, 0) is 33.6 Å². The summed E-state index contributed by atoms with van der Waals surface area (Å²) in [5, 5.41) is 13.2. The quantitative estimate of drug-likeness (QED) is 0.887. The number of thiophene rings is 1. The Kier molecular flexibility index (Phi) is 4.74. The van der Waals surface area contributed by atoms with Gasteiger partial charge < -0.3 is 10.4 Å². The van der Waals surface area contributed by atoms with E-state index < -0.39 is 6.10 Å². The molecule has 4 heteroatoms. The van der Waals surface area contributed by atoms with Gasteiger partial charge in [-0.25, -0.2) is 0 Å². The molecule has 0 spiro atoms. The van der Waals surface area contributed by atoms with Gasteiger partial charge in [0.1, 0.15) is 0 Å². The van der Waals surface area contributed by atoms with E-state index in [1.54, 1.807) is 11.3 Å². The van der Waals surface area contributed by atoms with Gasteiger partial charge >= 0.3 is 0 Å². The summed E-state index contributed by atoms with van der Waals surface area (Å²) in [6.07, 6.45) is -0.445. The Labute approximate surface area is 113 Å². The molecule has 17 heavy (non-hydrogen) atoms. The van der Waals surface area contributed by atoms with E-state index in [-0.39, 0.29) is 0 Å². The number of nitrogens with one attached hydrogen (secondary N) is 1. The Bertz CT molecular complexity index is 457. The molecule has 0 aliphatic carbocycles. The van der Waals surface area contributed by atoms with Crippen molar-refractivity contribution in [2.45, 2.75) is 12.6 Å². The average Bonchev–Trinajstić information content (AvgIpc) is 2.76. The van der Waals surface area contributed by atoms with Crippen LogP contribution in [-0.4, -0.2) is 11.7 Å². The van der Waals surface area contributed by atoms with Crippen molar-refractivity contribution in [3.05, 3.63) is 56.7 Å². The highest BCUT2D eigenvalue weighted by atomic mass is 79.9. The molecule has 0 saturated carbocycles. The SMILES string of the molecule is O[C@H](CNCc1ccc(Br)s1)c1ccccc1. The fourth-order valence-electron chi connectivity index (χ4n) is 1.57. The topological polar surface area (TPSA) is 32.3 Å². The molecule has 90 valence electrons. The molecule has 1 heterocycles. The van der Waals surface area contributed by atoms with Crippen LogP contribution in [0.3, 0.4) is 0 Å². The molecule has 1 aromatic heterocycles. The second-order valence-corrected chi connectivity index (χ2v) is 6.31. The normalized spacial score (nSPS) is 12.6. The number of hydrogen-bond donors (Lipinski definition) is 2. The van der Waals surface area contributed by atoms with Gasteiger partial charge in [0.05, 0.1) is 9.89 Å². The molecule has 0 amide bonds. The van der Waals surface area contributed by atoms with Crippen LogP contribution in [0.5, 0.6) is 0 Å². The van der Waals surface area contributed by atoms with Crippen molar-refractivity contribution in [2.24, 2.45) is 0 Å². The lowest BCUT2D eigenvalue weighted by atomic mass is 10.1. The van der Waals surface area contributed by atoms with Gasteiger partial charge in [0.15, 0.2) is 0 Å². The monoisotopic (exact) mass is 311 g/mol. The third-order valence-corrected chi connectivity index (χ3v) is 4.07. The van der Waals surface area contributed by atoms with Gasteiger partial charge in [0, 0.05) is 18.0 Å². The molecule has 1 atom stereocenters. The van der Waals surface area contributed by atoms with Crippen molar-refractivity contribution in [2.75, 3.05) is 6.54 Å². The standard InChI is InChI=1S/C13H14BrNOS/c14-13-7-6-11(17-13)8-15-9-12(16)10-4-2-1-3-5-10/h1-7,12,15-16H,8-9H2/t12-/m1/s1. The van der Waals surface area contributed by atoms with E-state index in [1.165, 1.54) is 4.88 Å². The van der Waals surface area contributed by atoms with Crippen molar-refractivity contribution < 1.29 is 5.11 Å². The first-order chi connectivity index (χ1) is 8.25. The lowest BCUT2D eigenvalue weighted by Crippen LogP contribution is -2.20. The maximum absolute atomic E-state index is 9.94. The molecular formula is C13H14BrNOS. The summed E-state index contributed by atoms with van der Waals surface area (Å²) in [6, 6.07) is 13.8. The molecule has 0 aliphatic heterocycles. The van der Waals surface area contributed by atoms with Crippen LogP contribution < -0.4 is 5.32 Å². The van der Waals surface area contributed by atoms with Crippen LogP contribution >= 0.6 is 27.3 Å². The number of halogens is 1. The van der Waals surface area contributed by atoms with Gasteiger partial charge in [-0.1, -0.05) is 30.3 Å². The van der Waals surface area contributed by atoms with Gasteiger partial charge in [-0.3, -0.25) is 0 Å². The first-order valence-electron chi connectivity index (χ1n) is 5.43. The van der Waals surface area contributed by atoms with Crippen LogP contribution in [0.15, 0.2) is 46.3 Å². The van der Waals surface area contributed by atoms with Crippen LogP contribution in [0.2, 0.25) is 0 Å². The largest absolute Gasteiger partial charge is 0.387 e. The summed E-state index contributed by atoms with van der Waals surface area (Å²) in [4.78, 5) is 1.26. The summed E-state index contributed by atoms with van der Waals surface area (Å²) in [5.41, 5.74) is 0.951. The highest BCUT2D eigenvalue weighted by Crippen LogP contribution is 2.21. The van der Waals surface area contributed by atoms with E-state index in [1.807, 2.05) is 36.4 Å². The molecule has 2 nitrogen and oxygen atoms in total. The molecule has 0 saturated heterocycles. The summed E-state index contributed by atoms with van der Waals surface area (Å²) in [7, 11) is 0. The molecule has 2 rings (SSSR count). The summed E-state index contributed by atoms with van der Waals surface area (Å²) in [5.74, 6) is 0. The van der Waals surface area contributed by atoms with E-state index in [9.17, 15) is 5.11 Å².